The summed E-state index contributed by atoms with van der Waals surface area (Å²) in [7, 11) is 0. The van der Waals surface area contributed by atoms with Gasteiger partial charge in [0.15, 0.2) is 0 Å². The molecule has 0 saturated carbocycles. The molecule has 0 saturated heterocycles. The van der Waals surface area contributed by atoms with Crippen LogP contribution in [0.5, 0.6) is 0 Å². The summed E-state index contributed by atoms with van der Waals surface area (Å²) in [5.41, 5.74) is 3.49. The Labute approximate surface area is 126 Å². The molecule has 1 aliphatic heterocycles. The lowest BCUT2D eigenvalue weighted by Crippen LogP contribution is -2.37. The number of aromatic amines is 1. The fourth-order valence-corrected chi connectivity index (χ4v) is 3.05. The van der Waals surface area contributed by atoms with Crippen LogP contribution >= 0.6 is 11.6 Å². The van der Waals surface area contributed by atoms with Crippen molar-refractivity contribution in [1.82, 2.24) is 9.97 Å². The molecule has 2 aromatic heterocycles. The highest BCUT2D eigenvalue weighted by Gasteiger charge is 2.27. The van der Waals surface area contributed by atoms with Crippen LogP contribution < -0.4 is 4.90 Å². The number of carbonyl (C=O) groups excluding carboxylic acids is 1. The fraction of sp³-hybridized carbons (Fsp3) is 0.125. The van der Waals surface area contributed by atoms with Crippen molar-refractivity contribution in [2.24, 2.45) is 0 Å². The predicted octanol–water partition coefficient (Wildman–Crippen LogP) is 3.42. The molecule has 3 heterocycles. The maximum Gasteiger partial charge on any atom is 0.258 e. The molecule has 1 aliphatic rings. The van der Waals surface area contributed by atoms with Crippen molar-refractivity contribution < 1.29 is 4.79 Å². The van der Waals surface area contributed by atoms with Gasteiger partial charge in [-0.25, -0.2) is 0 Å². The Morgan fingerprint density at radius 2 is 2.14 bits per heavy atom. The molecule has 5 heteroatoms. The molecule has 1 N–H and O–H groups in total. The molecule has 0 atom stereocenters. The molecule has 3 aromatic rings. The van der Waals surface area contributed by atoms with Crippen molar-refractivity contribution in [3.05, 3.63) is 59.0 Å². The molecule has 4 nitrogen and oxygen atoms in total. The number of aromatic nitrogens is 2. The van der Waals surface area contributed by atoms with E-state index in [2.05, 4.69) is 9.97 Å². The van der Waals surface area contributed by atoms with Gasteiger partial charge in [0.05, 0.1) is 17.4 Å². The predicted molar refractivity (Wildman–Crippen MR) is 82.9 cm³/mol. The zero-order chi connectivity index (χ0) is 14.4. The van der Waals surface area contributed by atoms with Gasteiger partial charge in [0.25, 0.3) is 5.91 Å². The Morgan fingerprint density at radius 3 is 3.05 bits per heavy atom. The van der Waals surface area contributed by atoms with Crippen LogP contribution in [0, 0.1) is 0 Å². The second kappa shape index (κ2) is 4.60. The highest BCUT2D eigenvalue weighted by atomic mass is 35.5. The maximum atomic E-state index is 12.7. The van der Waals surface area contributed by atoms with E-state index in [1.165, 1.54) is 0 Å². The van der Waals surface area contributed by atoms with Gasteiger partial charge >= 0.3 is 0 Å². The Hall–Kier alpha value is -2.33. The van der Waals surface area contributed by atoms with Crippen LogP contribution in [-0.2, 0) is 6.42 Å². The molecule has 1 amide bonds. The standard InChI is InChI=1S/C16H12ClN3O/c17-12-1-2-13-10(7-12)4-6-20(16(13)21)14-9-18-8-11-3-5-19-15(11)14/h1-3,5,7-9,19H,4,6H2. The first-order valence-electron chi connectivity index (χ1n) is 6.75. The Morgan fingerprint density at radius 1 is 1.24 bits per heavy atom. The molecule has 0 radical (unpaired) electrons. The summed E-state index contributed by atoms with van der Waals surface area (Å²) in [6, 6.07) is 7.39. The number of fused-ring (bicyclic) bond motifs is 2. The third kappa shape index (κ3) is 1.91. The minimum atomic E-state index is -0.00295. The SMILES string of the molecule is O=C1c2ccc(Cl)cc2CCN1c1cncc2cc[nH]c12. The van der Waals surface area contributed by atoms with Gasteiger partial charge in [-0.05, 0) is 36.2 Å². The summed E-state index contributed by atoms with van der Waals surface area (Å²) in [6.45, 7) is 0.631. The van der Waals surface area contributed by atoms with Gasteiger partial charge in [-0.15, -0.1) is 0 Å². The molecule has 0 unspecified atom stereocenters. The van der Waals surface area contributed by atoms with Gasteiger partial charge in [0, 0.05) is 34.9 Å². The Bertz CT molecular complexity index is 856. The molecule has 21 heavy (non-hydrogen) atoms. The highest BCUT2D eigenvalue weighted by Crippen LogP contribution is 2.30. The van der Waals surface area contributed by atoms with Gasteiger partial charge in [-0.2, -0.15) is 0 Å². The summed E-state index contributed by atoms with van der Waals surface area (Å²) in [5, 5.41) is 1.67. The lowest BCUT2D eigenvalue weighted by Gasteiger charge is -2.28. The summed E-state index contributed by atoms with van der Waals surface area (Å²) in [4.78, 5) is 21.9. The molecule has 0 aliphatic carbocycles. The molecule has 0 bridgehead atoms. The van der Waals surface area contributed by atoms with Crippen LogP contribution in [-0.4, -0.2) is 22.4 Å². The largest absolute Gasteiger partial charge is 0.359 e. The van der Waals surface area contributed by atoms with Crippen LogP contribution in [0.15, 0.2) is 42.9 Å². The number of anilines is 1. The van der Waals surface area contributed by atoms with Crippen molar-refractivity contribution in [3.63, 3.8) is 0 Å². The van der Waals surface area contributed by atoms with E-state index in [1.54, 1.807) is 29.4 Å². The molecule has 0 spiro atoms. The minimum Gasteiger partial charge on any atom is -0.359 e. The van der Waals surface area contributed by atoms with E-state index in [9.17, 15) is 4.79 Å². The smallest absolute Gasteiger partial charge is 0.258 e. The molecule has 0 fully saturated rings. The minimum absolute atomic E-state index is 0.00295. The van der Waals surface area contributed by atoms with Crippen molar-refractivity contribution >= 4 is 34.1 Å². The second-order valence-electron chi connectivity index (χ2n) is 5.11. The van der Waals surface area contributed by atoms with Crippen molar-refractivity contribution in [3.8, 4) is 0 Å². The third-order valence-electron chi connectivity index (χ3n) is 3.88. The van der Waals surface area contributed by atoms with E-state index >= 15 is 0 Å². The second-order valence-corrected chi connectivity index (χ2v) is 5.55. The molecule has 4 rings (SSSR count). The van der Waals surface area contributed by atoms with E-state index < -0.39 is 0 Å². The summed E-state index contributed by atoms with van der Waals surface area (Å²) in [6.07, 6.45) is 6.17. The van der Waals surface area contributed by atoms with Gasteiger partial charge in [0.2, 0.25) is 0 Å². The van der Waals surface area contributed by atoms with Crippen LogP contribution in [0.3, 0.4) is 0 Å². The number of carbonyl (C=O) groups is 1. The average molecular weight is 298 g/mol. The normalized spacial score (nSPS) is 14.5. The van der Waals surface area contributed by atoms with Crippen LogP contribution in [0.2, 0.25) is 5.02 Å². The first-order valence-corrected chi connectivity index (χ1v) is 7.13. The van der Waals surface area contributed by atoms with Gasteiger partial charge in [0.1, 0.15) is 0 Å². The van der Waals surface area contributed by atoms with Gasteiger partial charge in [-0.1, -0.05) is 11.6 Å². The topological polar surface area (TPSA) is 49.0 Å². The number of hydrogen-bond acceptors (Lipinski definition) is 2. The molecule has 1 aromatic carbocycles. The number of pyridine rings is 1. The molecular formula is C16H12ClN3O. The first kappa shape index (κ1) is 12.4. The van der Waals surface area contributed by atoms with Gasteiger partial charge < -0.3 is 9.88 Å². The summed E-state index contributed by atoms with van der Waals surface area (Å²) < 4.78 is 0. The number of benzene rings is 1. The zero-order valence-corrected chi connectivity index (χ0v) is 11.9. The lowest BCUT2D eigenvalue weighted by atomic mass is 9.98. The molecular weight excluding hydrogens is 286 g/mol. The number of nitrogens with zero attached hydrogens (tertiary/aromatic N) is 2. The monoisotopic (exact) mass is 297 g/mol. The number of H-pyrrole nitrogens is 1. The zero-order valence-electron chi connectivity index (χ0n) is 11.1. The Balaban J connectivity index is 1.83. The average Bonchev–Trinajstić information content (AvgIpc) is 2.96. The van der Waals surface area contributed by atoms with Crippen LogP contribution in [0.4, 0.5) is 5.69 Å². The first-order chi connectivity index (χ1) is 10.2. The number of hydrogen-bond donors (Lipinski definition) is 1. The number of nitrogens with one attached hydrogen (secondary N) is 1. The quantitative estimate of drug-likeness (QED) is 0.748. The fourth-order valence-electron chi connectivity index (χ4n) is 2.86. The van der Waals surface area contributed by atoms with Crippen molar-refractivity contribution in [2.45, 2.75) is 6.42 Å². The lowest BCUT2D eigenvalue weighted by molar-refractivity contribution is 0.0981. The van der Waals surface area contributed by atoms with E-state index in [1.807, 2.05) is 18.3 Å². The Kier molecular flexibility index (Phi) is 2.72. The van der Waals surface area contributed by atoms with Crippen LogP contribution in [0.1, 0.15) is 15.9 Å². The van der Waals surface area contributed by atoms with Crippen molar-refractivity contribution in [2.75, 3.05) is 11.4 Å². The number of halogens is 1. The number of amides is 1. The number of rotatable bonds is 1. The third-order valence-corrected chi connectivity index (χ3v) is 4.12. The summed E-state index contributed by atoms with van der Waals surface area (Å²) in [5.74, 6) is -0.00295. The van der Waals surface area contributed by atoms with E-state index in [0.717, 1.165) is 28.6 Å². The van der Waals surface area contributed by atoms with Crippen molar-refractivity contribution in [1.29, 1.82) is 0 Å². The van der Waals surface area contributed by atoms with E-state index in [-0.39, 0.29) is 5.91 Å². The summed E-state index contributed by atoms with van der Waals surface area (Å²) >= 11 is 6.00. The van der Waals surface area contributed by atoms with Gasteiger partial charge in [-0.3, -0.25) is 9.78 Å². The molecule has 104 valence electrons. The van der Waals surface area contributed by atoms with Crippen LogP contribution in [0.25, 0.3) is 10.9 Å². The van der Waals surface area contributed by atoms with E-state index in [0.29, 0.717) is 17.1 Å². The maximum absolute atomic E-state index is 12.7. The highest BCUT2D eigenvalue weighted by molar-refractivity contribution is 6.30. The van der Waals surface area contributed by atoms with E-state index in [4.69, 9.17) is 11.6 Å².